The lowest BCUT2D eigenvalue weighted by Crippen LogP contribution is -2.08. The van der Waals surface area contributed by atoms with Gasteiger partial charge in [-0.25, -0.2) is 0 Å². The molecule has 1 unspecified atom stereocenters. The topological polar surface area (TPSA) is 0 Å². The molecule has 0 saturated carbocycles. The van der Waals surface area contributed by atoms with Crippen molar-refractivity contribution < 1.29 is 0 Å². The number of hydrogen-bond acceptors (Lipinski definition) is 0. The van der Waals surface area contributed by atoms with E-state index in [0.29, 0.717) is 11.8 Å². The Morgan fingerprint density at radius 1 is 0.792 bits per heavy atom. The van der Waals surface area contributed by atoms with Crippen molar-refractivity contribution in [2.75, 3.05) is 0 Å². The minimum Gasteiger partial charge on any atom is -0.0910 e. The summed E-state index contributed by atoms with van der Waals surface area (Å²) >= 11 is 0. The molecule has 0 N–H and O–H groups in total. The van der Waals surface area contributed by atoms with Crippen molar-refractivity contribution in [2.24, 2.45) is 11.8 Å². The summed E-state index contributed by atoms with van der Waals surface area (Å²) in [7, 11) is 0. The molecule has 0 bridgehead atoms. The van der Waals surface area contributed by atoms with Crippen LogP contribution in [0.1, 0.15) is 44.4 Å². The van der Waals surface area contributed by atoms with Crippen molar-refractivity contribution >= 4 is 17.7 Å². The zero-order chi connectivity index (χ0) is 17.4. The smallest absolute Gasteiger partial charge is 0.00435 e. The summed E-state index contributed by atoms with van der Waals surface area (Å²) in [6.07, 6.45) is 11.0. The molecule has 2 rings (SSSR count). The maximum absolute atomic E-state index is 2.31. The molecule has 0 heterocycles. The van der Waals surface area contributed by atoms with E-state index in [1.165, 1.54) is 22.3 Å². The van der Waals surface area contributed by atoms with Crippen LogP contribution in [0.2, 0.25) is 0 Å². The van der Waals surface area contributed by atoms with Crippen molar-refractivity contribution in [3.8, 4) is 0 Å². The lowest BCUT2D eigenvalue weighted by Gasteiger charge is -2.21. The van der Waals surface area contributed by atoms with Gasteiger partial charge in [-0.15, -0.1) is 0 Å². The highest BCUT2D eigenvalue weighted by Crippen LogP contribution is 2.30. The highest BCUT2D eigenvalue weighted by Gasteiger charge is 2.15. The number of allylic oxidation sites excluding steroid dienone is 4. The number of rotatable bonds is 6. The van der Waals surface area contributed by atoms with Crippen LogP contribution in [-0.2, 0) is 0 Å². The van der Waals surface area contributed by atoms with E-state index in [2.05, 4.69) is 107 Å². The lowest BCUT2D eigenvalue weighted by molar-refractivity contribution is 0.562. The first-order chi connectivity index (χ1) is 11.7. The second kappa shape index (κ2) is 9.08. The van der Waals surface area contributed by atoms with Gasteiger partial charge in [0.2, 0.25) is 0 Å². The van der Waals surface area contributed by atoms with Crippen LogP contribution in [-0.4, -0.2) is 0 Å². The van der Waals surface area contributed by atoms with Crippen molar-refractivity contribution in [3.05, 3.63) is 89.5 Å². The molecular weight excluding hydrogens is 288 g/mol. The van der Waals surface area contributed by atoms with Crippen molar-refractivity contribution in [2.45, 2.75) is 27.7 Å². The van der Waals surface area contributed by atoms with Gasteiger partial charge in [0.15, 0.2) is 0 Å². The van der Waals surface area contributed by atoms with E-state index in [1.807, 2.05) is 6.07 Å². The molecule has 1 atom stereocenters. The Bertz CT molecular complexity index is 697. The maximum Gasteiger partial charge on any atom is 0.00435 e. The lowest BCUT2D eigenvalue weighted by atomic mass is 9.83. The molecule has 0 aromatic heterocycles. The molecule has 0 aliphatic carbocycles. The summed E-state index contributed by atoms with van der Waals surface area (Å²) in [5, 5.41) is 0. The van der Waals surface area contributed by atoms with Gasteiger partial charge < -0.3 is 0 Å². The monoisotopic (exact) mass is 316 g/mol. The van der Waals surface area contributed by atoms with E-state index in [-0.39, 0.29) is 0 Å². The average Bonchev–Trinajstić information content (AvgIpc) is 2.61. The van der Waals surface area contributed by atoms with E-state index in [0.717, 1.165) is 0 Å². The Labute approximate surface area is 147 Å². The molecule has 0 radical (unpaired) electrons. The van der Waals surface area contributed by atoms with Crippen molar-refractivity contribution in [1.82, 2.24) is 0 Å². The molecule has 0 spiro atoms. The first kappa shape index (κ1) is 18.0. The van der Waals surface area contributed by atoms with Crippen molar-refractivity contribution in [3.63, 3.8) is 0 Å². The Balaban J connectivity index is 2.20. The van der Waals surface area contributed by atoms with E-state index >= 15 is 0 Å². The predicted molar refractivity (Wildman–Crippen MR) is 109 cm³/mol. The third-order valence-corrected chi connectivity index (χ3v) is 4.30. The van der Waals surface area contributed by atoms with Crippen LogP contribution in [0.3, 0.4) is 0 Å². The largest absolute Gasteiger partial charge is 0.0910 e. The van der Waals surface area contributed by atoms with Crippen LogP contribution < -0.4 is 0 Å². The van der Waals surface area contributed by atoms with Gasteiger partial charge in [-0.2, -0.15) is 0 Å². The van der Waals surface area contributed by atoms with E-state index < -0.39 is 0 Å². The SMILES string of the molecule is CC=CC(C(=CC)c1ccc(C=Cc2ccccc2)cc1)C(C)C. The Morgan fingerprint density at radius 2 is 1.38 bits per heavy atom. The van der Waals surface area contributed by atoms with E-state index in [9.17, 15) is 0 Å². The number of benzene rings is 2. The van der Waals surface area contributed by atoms with Gasteiger partial charge in [0.1, 0.15) is 0 Å². The van der Waals surface area contributed by atoms with Gasteiger partial charge in [-0.3, -0.25) is 0 Å². The van der Waals surface area contributed by atoms with Crippen LogP contribution >= 0.6 is 0 Å². The maximum atomic E-state index is 2.31. The van der Waals surface area contributed by atoms with Crippen molar-refractivity contribution in [1.29, 1.82) is 0 Å². The standard InChI is InChI=1S/C24H28/c1-5-10-24(19(3)4)23(6-2)22-17-15-21(16-18-22)14-13-20-11-8-7-9-12-20/h5-19,24H,1-4H3. The summed E-state index contributed by atoms with van der Waals surface area (Å²) in [5.41, 5.74) is 5.17. The Morgan fingerprint density at radius 3 is 1.88 bits per heavy atom. The summed E-state index contributed by atoms with van der Waals surface area (Å²) in [4.78, 5) is 0. The molecular formula is C24H28. The van der Waals surface area contributed by atoms with Crippen LogP contribution in [0.25, 0.3) is 17.7 Å². The zero-order valence-electron chi connectivity index (χ0n) is 15.2. The first-order valence-electron chi connectivity index (χ1n) is 8.78. The van der Waals surface area contributed by atoms with E-state index in [1.54, 1.807) is 0 Å². The fourth-order valence-electron chi connectivity index (χ4n) is 2.99. The van der Waals surface area contributed by atoms with Gasteiger partial charge in [-0.05, 0) is 42.0 Å². The third-order valence-electron chi connectivity index (χ3n) is 4.30. The Hall–Kier alpha value is -2.34. The van der Waals surface area contributed by atoms with Gasteiger partial charge >= 0.3 is 0 Å². The second-order valence-electron chi connectivity index (χ2n) is 6.41. The van der Waals surface area contributed by atoms with Crippen LogP contribution in [0.4, 0.5) is 0 Å². The minimum absolute atomic E-state index is 0.464. The Kier molecular flexibility index (Phi) is 6.81. The average molecular weight is 316 g/mol. The summed E-state index contributed by atoms with van der Waals surface area (Å²) < 4.78 is 0. The number of hydrogen-bond donors (Lipinski definition) is 0. The normalized spacial score (nSPS) is 14.0. The molecule has 0 aliphatic heterocycles. The summed E-state index contributed by atoms with van der Waals surface area (Å²) in [6.45, 7) is 8.80. The van der Waals surface area contributed by atoms with Gasteiger partial charge in [-0.1, -0.05) is 98.8 Å². The molecule has 24 heavy (non-hydrogen) atoms. The molecule has 0 amide bonds. The van der Waals surface area contributed by atoms with E-state index in [4.69, 9.17) is 0 Å². The first-order valence-corrected chi connectivity index (χ1v) is 8.78. The highest BCUT2D eigenvalue weighted by molar-refractivity contribution is 5.73. The second-order valence-corrected chi connectivity index (χ2v) is 6.41. The molecule has 0 nitrogen and oxygen atoms in total. The minimum atomic E-state index is 0.464. The quantitative estimate of drug-likeness (QED) is 0.393. The van der Waals surface area contributed by atoms with Gasteiger partial charge in [0.25, 0.3) is 0 Å². The van der Waals surface area contributed by atoms with Gasteiger partial charge in [0.05, 0.1) is 0 Å². The third kappa shape index (κ3) is 4.83. The van der Waals surface area contributed by atoms with Gasteiger partial charge in [0, 0.05) is 5.92 Å². The zero-order valence-corrected chi connectivity index (χ0v) is 15.2. The highest BCUT2D eigenvalue weighted by atomic mass is 14.2. The fraction of sp³-hybridized carbons (Fsp3) is 0.250. The molecule has 0 aliphatic rings. The molecule has 0 saturated heterocycles. The molecule has 2 aromatic rings. The summed E-state index contributed by atoms with van der Waals surface area (Å²) in [5.74, 6) is 1.05. The van der Waals surface area contributed by atoms with Crippen LogP contribution in [0.5, 0.6) is 0 Å². The van der Waals surface area contributed by atoms with Crippen LogP contribution in [0, 0.1) is 11.8 Å². The predicted octanol–water partition coefficient (Wildman–Crippen LogP) is 7.11. The fourth-order valence-corrected chi connectivity index (χ4v) is 2.99. The van der Waals surface area contributed by atoms with Crippen LogP contribution in [0.15, 0.2) is 72.8 Å². The molecule has 124 valence electrons. The molecule has 2 aromatic carbocycles. The summed E-state index contributed by atoms with van der Waals surface area (Å²) in [6, 6.07) is 19.3. The molecule has 0 fully saturated rings. The molecule has 0 heteroatoms.